The number of fused-ring (bicyclic) bond motifs is 3. The van der Waals surface area contributed by atoms with E-state index < -0.39 is 35.2 Å². The number of carbonyl (C=O) groups is 2. The van der Waals surface area contributed by atoms with Crippen molar-refractivity contribution in [3.63, 3.8) is 0 Å². The molecule has 1 heterocycles. The van der Waals surface area contributed by atoms with Crippen LogP contribution in [0.5, 0.6) is 0 Å². The average Bonchev–Trinajstić information content (AvgIpc) is 2.89. The SMILES string of the molecule is C=C1C(=O)O[C@@H]2[C@H]1CC[C@H](C)[C@]1(O)CC[C@H](O)[C@@]21COC(C)=O. The molecule has 0 aromatic heterocycles. The summed E-state index contributed by atoms with van der Waals surface area (Å²) in [5.74, 6) is -1.34. The van der Waals surface area contributed by atoms with E-state index >= 15 is 0 Å². The van der Waals surface area contributed by atoms with Gasteiger partial charge in [-0.3, -0.25) is 4.79 Å². The monoisotopic (exact) mass is 324 g/mol. The number of aliphatic hydroxyl groups is 2. The lowest BCUT2D eigenvalue weighted by Crippen LogP contribution is -2.62. The Labute approximate surface area is 135 Å². The van der Waals surface area contributed by atoms with E-state index in [0.29, 0.717) is 31.3 Å². The van der Waals surface area contributed by atoms with Gasteiger partial charge >= 0.3 is 11.9 Å². The molecular formula is C17H24O6. The Balaban J connectivity index is 2.11. The first-order valence-electron chi connectivity index (χ1n) is 8.17. The van der Waals surface area contributed by atoms with Gasteiger partial charge in [-0.15, -0.1) is 0 Å². The molecule has 0 amide bonds. The minimum absolute atomic E-state index is 0.104. The Morgan fingerprint density at radius 1 is 1.43 bits per heavy atom. The van der Waals surface area contributed by atoms with Crippen LogP contribution in [0.2, 0.25) is 0 Å². The number of ether oxygens (including phenoxy) is 2. The zero-order chi connectivity index (χ0) is 17.0. The summed E-state index contributed by atoms with van der Waals surface area (Å²) in [6.45, 7) is 6.89. The van der Waals surface area contributed by atoms with E-state index in [1.54, 1.807) is 0 Å². The van der Waals surface area contributed by atoms with E-state index in [-0.39, 0.29) is 18.4 Å². The highest BCUT2D eigenvalue weighted by Gasteiger charge is 2.71. The molecule has 2 N–H and O–H groups in total. The van der Waals surface area contributed by atoms with E-state index in [1.807, 2.05) is 6.92 Å². The molecule has 6 atom stereocenters. The molecule has 0 spiro atoms. The Kier molecular flexibility index (Phi) is 3.80. The van der Waals surface area contributed by atoms with Gasteiger partial charge in [-0.1, -0.05) is 13.5 Å². The van der Waals surface area contributed by atoms with Crippen LogP contribution in [0.3, 0.4) is 0 Å². The van der Waals surface area contributed by atoms with E-state index in [0.717, 1.165) is 0 Å². The summed E-state index contributed by atoms with van der Waals surface area (Å²) >= 11 is 0. The van der Waals surface area contributed by atoms with Crippen molar-refractivity contribution >= 4 is 11.9 Å². The molecule has 128 valence electrons. The first-order chi connectivity index (χ1) is 10.7. The van der Waals surface area contributed by atoms with Gasteiger partial charge in [-0.25, -0.2) is 4.79 Å². The van der Waals surface area contributed by atoms with Gasteiger partial charge in [0.15, 0.2) is 0 Å². The molecule has 3 aliphatic rings. The largest absolute Gasteiger partial charge is 0.465 e. The van der Waals surface area contributed by atoms with Crippen LogP contribution < -0.4 is 0 Å². The molecular weight excluding hydrogens is 300 g/mol. The van der Waals surface area contributed by atoms with E-state index in [9.17, 15) is 19.8 Å². The fourth-order valence-corrected chi connectivity index (χ4v) is 4.87. The molecule has 23 heavy (non-hydrogen) atoms. The van der Waals surface area contributed by atoms with Crippen LogP contribution >= 0.6 is 0 Å². The Morgan fingerprint density at radius 3 is 2.78 bits per heavy atom. The second kappa shape index (κ2) is 5.31. The van der Waals surface area contributed by atoms with Crippen molar-refractivity contribution in [2.45, 2.75) is 57.3 Å². The zero-order valence-electron chi connectivity index (χ0n) is 13.6. The van der Waals surface area contributed by atoms with Crippen molar-refractivity contribution in [3.8, 4) is 0 Å². The van der Waals surface area contributed by atoms with Crippen LogP contribution in [0.4, 0.5) is 0 Å². The molecule has 1 saturated heterocycles. The predicted molar refractivity (Wildman–Crippen MR) is 80.2 cm³/mol. The fraction of sp³-hybridized carbons (Fsp3) is 0.765. The molecule has 0 aromatic rings. The predicted octanol–water partition coefficient (Wildman–Crippen LogP) is 0.949. The quantitative estimate of drug-likeness (QED) is 0.580. The van der Waals surface area contributed by atoms with Crippen molar-refractivity contribution in [2.24, 2.45) is 17.3 Å². The Hall–Kier alpha value is -1.40. The summed E-state index contributed by atoms with van der Waals surface area (Å²) in [6, 6.07) is 0. The van der Waals surface area contributed by atoms with Crippen LogP contribution in [0.15, 0.2) is 12.2 Å². The highest BCUT2D eigenvalue weighted by Crippen LogP contribution is 2.60. The van der Waals surface area contributed by atoms with Gasteiger partial charge in [0.05, 0.1) is 17.1 Å². The second-order valence-corrected chi connectivity index (χ2v) is 7.24. The molecule has 1 aliphatic heterocycles. The number of esters is 2. The van der Waals surface area contributed by atoms with Crippen LogP contribution in [0, 0.1) is 17.3 Å². The highest BCUT2D eigenvalue weighted by atomic mass is 16.6. The van der Waals surface area contributed by atoms with E-state index in [2.05, 4.69) is 6.58 Å². The van der Waals surface area contributed by atoms with Crippen LogP contribution in [0.25, 0.3) is 0 Å². The van der Waals surface area contributed by atoms with Gasteiger partial charge in [-0.05, 0) is 31.6 Å². The molecule has 2 aliphatic carbocycles. The summed E-state index contributed by atoms with van der Waals surface area (Å²) in [6.07, 6.45) is 0.516. The lowest BCUT2D eigenvalue weighted by molar-refractivity contribution is -0.211. The number of hydrogen-bond acceptors (Lipinski definition) is 6. The molecule has 6 heteroatoms. The van der Waals surface area contributed by atoms with Crippen molar-refractivity contribution in [1.82, 2.24) is 0 Å². The maximum Gasteiger partial charge on any atom is 0.334 e. The lowest BCUT2D eigenvalue weighted by atomic mass is 9.64. The maximum atomic E-state index is 12.0. The number of rotatable bonds is 2. The van der Waals surface area contributed by atoms with Crippen molar-refractivity contribution in [3.05, 3.63) is 12.2 Å². The van der Waals surface area contributed by atoms with Crippen LogP contribution in [0.1, 0.15) is 39.5 Å². The van der Waals surface area contributed by atoms with Gasteiger partial charge < -0.3 is 19.7 Å². The Bertz CT molecular complexity index is 557. The molecule has 0 bridgehead atoms. The maximum absolute atomic E-state index is 12.0. The van der Waals surface area contributed by atoms with Gasteiger partial charge in [0.2, 0.25) is 0 Å². The molecule has 0 radical (unpaired) electrons. The average molecular weight is 324 g/mol. The smallest absolute Gasteiger partial charge is 0.334 e. The minimum atomic E-state index is -1.24. The first-order valence-corrected chi connectivity index (χ1v) is 8.17. The van der Waals surface area contributed by atoms with Crippen molar-refractivity contribution in [2.75, 3.05) is 6.61 Å². The molecule has 3 rings (SSSR count). The second-order valence-electron chi connectivity index (χ2n) is 7.24. The molecule has 2 saturated carbocycles. The summed E-state index contributed by atoms with van der Waals surface area (Å²) < 4.78 is 10.8. The summed E-state index contributed by atoms with van der Waals surface area (Å²) in [5.41, 5.74) is -2.06. The molecule has 6 nitrogen and oxygen atoms in total. The number of hydrogen-bond donors (Lipinski definition) is 2. The summed E-state index contributed by atoms with van der Waals surface area (Å²) in [5, 5.41) is 22.2. The highest BCUT2D eigenvalue weighted by molar-refractivity contribution is 5.91. The zero-order valence-corrected chi connectivity index (χ0v) is 13.6. The lowest BCUT2D eigenvalue weighted by Gasteiger charge is -2.48. The van der Waals surface area contributed by atoms with Gasteiger partial charge in [0, 0.05) is 18.4 Å². The molecule has 0 aromatic carbocycles. The first kappa shape index (κ1) is 16.5. The van der Waals surface area contributed by atoms with Crippen molar-refractivity contribution in [1.29, 1.82) is 0 Å². The third-order valence-electron chi connectivity index (χ3n) is 6.26. The molecule has 0 unspecified atom stereocenters. The number of aliphatic hydroxyl groups excluding tert-OH is 1. The Morgan fingerprint density at radius 2 is 2.13 bits per heavy atom. The van der Waals surface area contributed by atoms with Gasteiger partial charge in [0.1, 0.15) is 12.7 Å². The van der Waals surface area contributed by atoms with E-state index in [1.165, 1.54) is 6.92 Å². The minimum Gasteiger partial charge on any atom is -0.465 e. The number of carbonyl (C=O) groups excluding carboxylic acids is 2. The standard InChI is InChI=1S/C17H24O6/c1-9-4-5-12-10(2)15(20)23-14(12)16(8-22-11(3)18)13(19)6-7-17(9,16)21/h9,12-14,19,21H,2,4-8H2,1,3H3/t9-,12-,13-,14+,16-,17+/m0/s1. The summed E-state index contributed by atoms with van der Waals surface area (Å²) in [4.78, 5) is 23.4. The molecule has 3 fully saturated rings. The van der Waals surface area contributed by atoms with Crippen LogP contribution in [-0.4, -0.2) is 46.6 Å². The van der Waals surface area contributed by atoms with Crippen LogP contribution in [-0.2, 0) is 19.1 Å². The van der Waals surface area contributed by atoms with Crippen molar-refractivity contribution < 1.29 is 29.3 Å². The summed E-state index contributed by atoms with van der Waals surface area (Å²) in [7, 11) is 0. The third-order valence-corrected chi connectivity index (χ3v) is 6.26. The third kappa shape index (κ3) is 2.08. The topological polar surface area (TPSA) is 93.1 Å². The normalized spacial score (nSPS) is 45.9. The van der Waals surface area contributed by atoms with Gasteiger partial charge in [0.25, 0.3) is 0 Å². The fourth-order valence-electron chi connectivity index (χ4n) is 4.87. The van der Waals surface area contributed by atoms with E-state index in [4.69, 9.17) is 9.47 Å². The van der Waals surface area contributed by atoms with Gasteiger partial charge in [-0.2, -0.15) is 0 Å².